The largest absolute Gasteiger partial charge is 0.490 e. The molecular formula is C28H36ClF3N6O6S. The monoisotopic (exact) mass is 676 g/mol. The highest BCUT2D eigenvalue weighted by Crippen LogP contribution is 2.41. The average Bonchev–Trinajstić information content (AvgIpc) is 3.41. The summed E-state index contributed by atoms with van der Waals surface area (Å²) < 4.78 is 69.1. The summed E-state index contributed by atoms with van der Waals surface area (Å²) in [6.45, 7) is 5.84. The Morgan fingerprint density at radius 3 is 2.36 bits per heavy atom. The quantitative estimate of drug-likeness (QED) is 0.280. The van der Waals surface area contributed by atoms with E-state index < -0.39 is 27.7 Å². The number of carboxylic acids is 1. The summed E-state index contributed by atoms with van der Waals surface area (Å²) in [5.74, 6) is -0.615. The molecule has 0 spiro atoms. The molecule has 2 aromatic heterocycles. The van der Waals surface area contributed by atoms with Crippen LogP contribution in [-0.4, -0.2) is 81.0 Å². The van der Waals surface area contributed by atoms with Crippen LogP contribution in [0.25, 0.3) is 11.5 Å². The molecule has 1 aromatic carbocycles. The zero-order valence-corrected chi connectivity index (χ0v) is 26.9. The van der Waals surface area contributed by atoms with E-state index in [1.54, 1.807) is 13.2 Å². The molecule has 4 rings (SSSR count). The zero-order chi connectivity index (χ0) is 33.7. The Hall–Kier alpha value is -3.47. The fourth-order valence-electron chi connectivity index (χ4n) is 4.28. The number of hydrogen-bond donors (Lipinski definition) is 2. The number of aromatic nitrogens is 3. The maximum atomic E-state index is 12.5. The van der Waals surface area contributed by atoms with Gasteiger partial charge in [-0.1, -0.05) is 48.9 Å². The zero-order valence-electron chi connectivity index (χ0n) is 25.4. The van der Waals surface area contributed by atoms with Crippen molar-refractivity contribution in [2.45, 2.75) is 38.4 Å². The van der Waals surface area contributed by atoms with Gasteiger partial charge in [0.2, 0.25) is 21.8 Å². The molecule has 17 heteroatoms. The Balaban J connectivity index is 0.000000707. The molecule has 0 radical (unpaired) electrons. The normalized spacial score (nSPS) is 17.6. The molecule has 0 amide bonds. The molecule has 0 bridgehead atoms. The number of anilines is 2. The van der Waals surface area contributed by atoms with Gasteiger partial charge in [0.25, 0.3) is 0 Å². The van der Waals surface area contributed by atoms with Crippen LogP contribution in [0, 0.1) is 11.8 Å². The van der Waals surface area contributed by atoms with E-state index in [1.807, 2.05) is 37.3 Å². The van der Waals surface area contributed by atoms with E-state index in [-0.39, 0.29) is 22.6 Å². The van der Waals surface area contributed by atoms with E-state index in [4.69, 9.17) is 36.4 Å². The van der Waals surface area contributed by atoms with Crippen LogP contribution in [0.2, 0.25) is 5.02 Å². The molecule has 12 nitrogen and oxygen atoms in total. The predicted molar refractivity (Wildman–Crippen MR) is 163 cm³/mol. The summed E-state index contributed by atoms with van der Waals surface area (Å²) in [6.07, 6.45) is -2.37. The van der Waals surface area contributed by atoms with E-state index in [9.17, 15) is 21.6 Å². The van der Waals surface area contributed by atoms with Crippen molar-refractivity contribution in [3.05, 3.63) is 52.9 Å². The minimum atomic E-state index is -5.08. The van der Waals surface area contributed by atoms with Gasteiger partial charge >= 0.3 is 12.1 Å². The molecule has 1 aliphatic rings. The van der Waals surface area contributed by atoms with Gasteiger partial charge in [-0.2, -0.15) is 13.2 Å². The number of ether oxygens (including phenoxy) is 1. The van der Waals surface area contributed by atoms with Gasteiger partial charge < -0.3 is 24.9 Å². The summed E-state index contributed by atoms with van der Waals surface area (Å²) in [5.41, 5.74) is 7.06. The van der Waals surface area contributed by atoms with Crippen LogP contribution in [-0.2, 0) is 31.5 Å². The van der Waals surface area contributed by atoms with Crippen LogP contribution in [0.5, 0.6) is 0 Å². The van der Waals surface area contributed by atoms with Crippen molar-refractivity contribution in [3.8, 4) is 11.5 Å². The lowest BCUT2D eigenvalue weighted by Crippen LogP contribution is -2.35. The maximum Gasteiger partial charge on any atom is 0.490 e. The van der Waals surface area contributed by atoms with Gasteiger partial charge in [-0.3, -0.25) is 4.31 Å². The molecule has 3 unspecified atom stereocenters. The van der Waals surface area contributed by atoms with E-state index in [1.165, 1.54) is 7.05 Å². The standard InChI is InChI=1S/C26H35ClN6O4S.C2HF3O2/c1-17-13-19(17)16-33(11-12-36-4)21-14-20(22(27)23(29-21)32(3)38(5,34)35)24-30-31-25(37-24)26(2,28)15-18-9-7-6-8-10-18;3-2(4,5)1(6)7/h6-10,14,17,19H,11-13,15-16,28H2,1-5H3;(H,6,7). The van der Waals surface area contributed by atoms with Crippen molar-refractivity contribution in [1.82, 2.24) is 15.2 Å². The smallest absolute Gasteiger partial charge is 0.475 e. The van der Waals surface area contributed by atoms with Crippen molar-refractivity contribution < 1.29 is 40.6 Å². The Morgan fingerprint density at radius 2 is 1.84 bits per heavy atom. The third-order valence-electron chi connectivity index (χ3n) is 7.14. The summed E-state index contributed by atoms with van der Waals surface area (Å²) in [5, 5.41) is 15.7. The second kappa shape index (κ2) is 14.3. The third kappa shape index (κ3) is 9.76. The van der Waals surface area contributed by atoms with E-state index in [0.29, 0.717) is 42.8 Å². The number of alkyl halides is 3. The second-order valence-electron chi connectivity index (χ2n) is 11.1. The van der Waals surface area contributed by atoms with Gasteiger partial charge in [-0.25, -0.2) is 18.2 Å². The van der Waals surface area contributed by atoms with Gasteiger partial charge in [0.1, 0.15) is 5.82 Å². The summed E-state index contributed by atoms with van der Waals surface area (Å²) in [6, 6.07) is 11.6. The van der Waals surface area contributed by atoms with Crippen molar-refractivity contribution in [2.24, 2.45) is 17.6 Å². The van der Waals surface area contributed by atoms with Crippen molar-refractivity contribution in [1.29, 1.82) is 0 Å². The number of sulfonamides is 1. The van der Waals surface area contributed by atoms with Crippen molar-refractivity contribution in [2.75, 3.05) is 49.3 Å². The highest BCUT2D eigenvalue weighted by Gasteiger charge is 2.38. The number of methoxy groups -OCH3 is 1. The Kier molecular flexibility index (Phi) is 11.4. The Morgan fingerprint density at radius 1 is 1.24 bits per heavy atom. The molecule has 3 N–H and O–H groups in total. The number of pyridine rings is 1. The minimum Gasteiger partial charge on any atom is -0.475 e. The molecule has 2 heterocycles. The summed E-state index contributed by atoms with van der Waals surface area (Å²) in [7, 11) is -0.600. The molecule has 1 aliphatic carbocycles. The topological polar surface area (TPSA) is 165 Å². The molecule has 248 valence electrons. The van der Waals surface area contributed by atoms with Gasteiger partial charge in [0.05, 0.1) is 29.0 Å². The Bertz CT molecular complexity index is 1570. The van der Waals surface area contributed by atoms with E-state index in [2.05, 4.69) is 27.0 Å². The van der Waals surface area contributed by atoms with Crippen molar-refractivity contribution in [3.63, 3.8) is 0 Å². The molecule has 1 fully saturated rings. The first-order valence-electron chi connectivity index (χ1n) is 13.7. The summed E-state index contributed by atoms with van der Waals surface area (Å²) >= 11 is 6.75. The first kappa shape index (κ1) is 36.0. The molecule has 45 heavy (non-hydrogen) atoms. The van der Waals surface area contributed by atoms with Gasteiger partial charge in [-0.15, -0.1) is 10.2 Å². The lowest BCUT2D eigenvalue weighted by molar-refractivity contribution is -0.192. The van der Waals surface area contributed by atoms with E-state index in [0.717, 1.165) is 29.1 Å². The predicted octanol–water partition coefficient (Wildman–Crippen LogP) is 4.34. The average molecular weight is 677 g/mol. The summed E-state index contributed by atoms with van der Waals surface area (Å²) in [4.78, 5) is 15.6. The van der Waals surface area contributed by atoms with Crippen LogP contribution in [0.3, 0.4) is 0 Å². The highest BCUT2D eigenvalue weighted by molar-refractivity contribution is 7.92. The minimum absolute atomic E-state index is 0.0764. The van der Waals surface area contributed by atoms with Crippen LogP contribution >= 0.6 is 11.6 Å². The van der Waals surface area contributed by atoms with Crippen LogP contribution < -0.4 is 14.9 Å². The molecule has 0 saturated heterocycles. The number of carboxylic acid groups (broad SMARTS) is 1. The number of nitrogens with zero attached hydrogens (tertiary/aromatic N) is 5. The number of benzene rings is 1. The van der Waals surface area contributed by atoms with Crippen LogP contribution in [0.15, 0.2) is 40.8 Å². The molecular weight excluding hydrogens is 641 g/mol. The van der Waals surface area contributed by atoms with Gasteiger partial charge in [-0.05, 0) is 43.2 Å². The first-order valence-corrected chi connectivity index (χ1v) is 15.9. The third-order valence-corrected chi connectivity index (χ3v) is 8.68. The number of carbonyl (C=O) groups is 1. The lowest BCUT2D eigenvalue weighted by Gasteiger charge is -2.26. The lowest BCUT2D eigenvalue weighted by atomic mass is 9.94. The number of halogens is 4. The van der Waals surface area contributed by atoms with E-state index >= 15 is 0 Å². The Labute approximate surface area is 264 Å². The number of hydrogen-bond acceptors (Lipinski definition) is 10. The number of nitrogens with two attached hydrogens (primary N) is 1. The number of aliphatic carboxylic acids is 1. The number of rotatable bonds is 12. The second-order valence-corrected chi connectivity index (χ2v) is 13.5. The molecule has 1 saturated carbocycles. The molecule has 0 aliphatic heterocycles. The van der Waals surface area contributed by atoms with Crippen LogP contribution in [0.1, 0.15) is 31.7 Å². The highest BCUT2D eigenvalue weighted by atomic mass is 35.5. The first-order chi connectivity index (χ1) is 20.8. The van der Waals surface area contributed by atoms with Crippen LogP contribution in [0.4, 0.5) is 24.8 Å². The van der Waals surface area contributed by atoms with Gasteiger partial charge in [0.15, 0.2) is 5.82 Å². The fraction of sp³-hybridized carbons (Fsp3) is 0.500. The van der Waals surface area contributed by atoms with Gasteiger partial charge in [0, 0.05) is 27.2 Å². The molecule has 3 atom stereocenters. The molecule has 3 aromatic rings. The SMILES string of the molecule is COCCN(CC1CC1C)c1cc(-c2nnc(C(C)(N)Cc3ccccc3)o2)c(Cl)c(N(C)S(C)(=O)=O)n1.O=C(O)C(F)(F)F. The maximum absolute atomic E-state index is 12.5. The van der Waals surface area contributed by atoms with Crippen molar-refractivity contribution >= 4 is 39.2 Å². The fourth-order valence-corrected chi connectivity index (χ4v) is 5.08.